The molecule has 162 valence electrons. The predicted molar refractivity (Wildman–Crippen MR) is 93.4 cm³/mol. The molecule has 2 aromatic rings. The van der Waals surface area contributed by atoms with Gasteiger partial charge in [0.1, 0.15) is 24.9 Å². The highest BCUT2D eigenvalue weighted by molar-refractivity contribution is 5.90. The maximum absolute atomic E-state index is 14.7. The summed E-state index contributed by atoms with van der Waals surface area (Å²) in [6, 6.07) is 2.14. The zero-order valence-corrected chi connectivity index (χ0v) is 15.6. The molecule has 1 aromatic carbocycles. The minimum absolute atomic E-state index is 0.0136. The number of carbonyl (C=O) groups is 1. The summed E-state index contributed by atoms with van der Waals surface area (Å²) < 4.78 is 72.8. The minimum Gasteiger partial charge on any atom is -0.471 e. The van der Waals surface area contributed by atoms with E-state index in [0.29, 0.717) is 6.07 Å². The molecular formula is C19H18F4N2O5. The SMILES string of the molecule is O=C1O[C@@H](COc2ccon2)CN1c1cc(F)c(C2CCC(O)C(F)C2)c(F)c1F. The Morgan fingerprint density at radius 1 is 1.27 bits per heavy atom. The molecule has 11 heteroatoms. The van der Waals surface area contributed by atoms with E-state index in [2.05, 4.69) is 9.68 Å². The maximum atomic E-state index is 14.7. The molecule has 0 spiro atoms. The Hall–Kier alpha value is -2.82. The number of aliphatic hydroxyl groups is 1. The minimum atomic E-state index is -1.65. The summed E-state index contributed by atoms with van der Waals surface area (Å²) in [7, 11) is 0. The van der Waals surface area contributed by atoms with Crippen LogP contribution in [0.3, 0.4) is 0 Å². The Morgan fingerprint density at radius 3 is 2.77 bits per heavy atom. The van der Waals surface area contributed by atoms with Gasteiger partial charge in [0.15, 0.2) is 17.7 Å². The van der Waals surface area contributed by atoms with Crippen LogP contribution in [0.1, 0.15) is 30.7 Å². The number of hydrogen-bond acceptors (Lipinski definition) is 6. The molecule has 3 unspecified atom stereocenters. The zero-order valence-electron chi connectivity index (χ0n) is 15.6. The van der Waals surface area contributed by atoms with E-state index in [4.69, 9.17) is 9.47 Å². The Morgan fingerprint density at radius 2 is 2.07 bits per heavy atom. The average molecular weight is 430 g/mol. The van der Waals surface area contributed by atoms with Crippen LogP contribution in [0.4, 0.5) is 28.0 Å². The van der Waals surface area contributed by atoms with Gasteiger partial charge in [-0.1, -0.05) is 0 Å². The van der Waals surface area contributed by atoms with Gasteiger partial charge < -0.3 is 19.1 Å². The molecule has 0 bridgehead atoms. The second-order valence-electron chi connectivity index (χ2n) is 7.28. The first-order chi connectivity index (χ1) is 14.3. The number of hydrogen-bond donors (Lipinski definition) is 1. The van der Waals surface area contributed by atoms with Gasteiger partial charge >= 0.3 is 6.09 Å². The Labute approximate surface area is 168 Å². The van der Waals surface area contributed by atoms with E-state index in [0.717, 1.165) is 4.90 Å². The standard InChI is InChI=1S/C19H18F4N2O5/c20-11-5-9(1-2-14(11)26)16-12(21)6-13(17(22)18(16)23)25-7-10(30-19(25)27)8-28-15-3-4-29-24-15/h3-4,6,9-11,14,26H,1-2,5,7-8H2/t9?,10-,11?,14?/m1/s1. The molecule has 30 heavy (non-hydrogen) atoms. The number of rotatable bonds is 5. The summed E-state index contributed by atoms with van der Waals surface area (Å²) >= 11 is 0. The van der Waals surface area contributed by atoms with E-state index in [-0.39, 0.29) is 38.3 Å². The lowest BCUT2D eigenvalue weighted by Crippen LogP contribution is -2.31. The first kappa shape index (κ1) is 20.5. The largest absolute Gasteiger partial charge is 0.471 e. The molecule has 7 nitrogen and oxygen atoms in total. The van der Waals surface area contributed by atoms with Crippen LogP contribution in [0.25, 0.3) is 0 Å². The van der Waals surface area contributed by atoms with Crippen molar-refractivity contribution in [1.82, 2.24) is 5.16 Å². The molecule has 1 aliphatic heterocycles. The van der Waals surface area contributed by atoms with E-state index in [1.807, 2.05) is 0 Å². The number of anilines is 1. The van der Waals surface area contributed by atoms with Crippen LogP contribution >= 0.6 is 0 Å². The van der Waals surface area contributed by atoms with Crippen LogP contribution in [-0.2, 0) is 4.74 Å². The molecule has 1 amide bonds. The fourth-order valence-corrected chi connectivity index (χ4v) is 3.79. The Kier molecular flexibility index (Phi) is 5.54. The monoisotopic (exact) mass is 430 g/mol. The summed E-state index contributed by atoms with van der Waals surface area (Å²) in [5.41, 5.74) is -1.19. The van der Waals surface area contributed by atoms with Crippen LogP contribution < -0.4 is 9.64 Å². The summed E-state index contributed by atoms with van der Waals surface area (Å²) in [6.45, 7) is -0.324. The Balaban J connectivity index is 1.52. The van der Waals surface area contributed by atoms with Crippen molar-refractivity contribution >= 4 is 11.8 Å². The van der Waals surface area contributed by atoms with E-state index in [1.165, 1.54) is 12.3 Å². The van der Waals surface area contributed by atoms with Gasteiger partial charge in [-0.15, -0.1) is 0 Å². The number of carbonyl (C=O) groups excluding carboxylic acids is 1. The summed E-state index contributed by atoms with van der Waals surface area (Å²) in [5, 5.41) is 13.0. The van der Waals surface area contributed by atoms with Gasteiger partial charge in [0.05, 0.1) is 18.3 Å². The molecule has 2 fully saturated rings. The van der Waals surface area contributed by atoms with E-state index >= 15 is 0 Å². The lowest BCUT2D eigenvalue weighted by molar-refractivity contribution is 0.0359. The highest BCUT2D eigenvalue weighted by atomic mass is 19.2. The summed E-state index contributed by atoms with van der Waals surface area (Å²) in [6.07, 6.45) is -3.58. The third kappa shape index (κ3) is 3.81. The van der Waals surface area contributed by atoms with Crippen LogP contribution in [-0.4, -0.2) is 47.9 Å². The normalized spacial score (nSPS) is 26.7. The molecule has 1 aromatic heterocycles. The van der Waals surface area contributed by atoms with Gasteiger partial charge in [0.2, 0.25) is 0 Å². The molecule has 2 heterocycles. The highest BCUT2D eigenvalue weighted by Crippen LogP contribution is 2.40. The Bertz CT molecular complexity index is 926. The number of benzene rings is 1. The number of cyclic esters (lactones) is 1. The molecule has 1 saturated carbocycles. The first-order valence-corrected chi connectivity index (χ1v) is 9.36. The van der Waals surface area contributed by atoms with Gasteiger partial charge in [-0.05, 0) is 30.3 Å². The molecule has 1 aliphatic carbocycles. The smallest absolute Gasteiger partial charge is 0.414 e. The number of aromatic nitrogens is 1. The molecule has 1 saturated heterocycles. The lowest BCUT2D eigenvalue weighted by Gasteiger charge is -2.29. The van der Waals surface area contributed by atoms with Gasteiger partial charge in [-0.3, -0.25) is 4.90 Å². The third-order valence-corrected chi connectivity index (χ3v) is 5.32. The molecule has 1 N–H and O–H groups in total. The van der Waals surface area contributed by atoms with Crippen molar-refractivity contribution in [3.63, 3.8) is 0 Å². The number of ether oxygens (including phenoxy) is 2. The summed E-state index contributed by atoms with van der Waals surface area (Å²) in [5.74, 6) is -4.76. The first-order valence-electron chi connectivity index (χ1n) is 9.36. The van der Waals surface area contributed by atoms with Crippen molar-refractivity contribution in [2.45, 2.75) is 43.6 Å². The van der Waals surface area contributed by atoms with Crippen molar-refractivity contribution in [3.05, 3.63) is 41.4 Å². The molecule has 4 atom stereocenters. The number of halogens is 4. The fourth-order valence-electron chi connectivity index (χ4n) is 3.79. The van der Waals surface area contributed by atoms with E-state index in [9.17, 15) is 27.5 Å². The molecule has 4 rings (SSSR count). The van der Waals surface area contributed by atoms with Crippen LogP contribution in [0.15, 0.2) is 22.9 Å². The number of alkyl halides is 1. The molecular weight excluding hydrogens is 412 g/mol. The topological polar surface area (TPSA) is 85.0 Å². The van der Waals surface area contributed by atoms with E-state index in [1.54, 1.807) is 0 Å². The summed E-state index contributed by atoms with van der Waals surface area (Å²) in [4.78, 5) is 12.9. The van der Waals surface area contributed by atoms with Crippen molar-refractivity contribution in [2.75, 3.05) is 18.1 Å². The average Bonchev–Trinajstić information content (AvgIpc) is 3.35. The molecule has 0 radical (unpaired) electrons. The highest BCUT2D eigenvalue weighted by Gasteiger charge is 2.38. The van der Waals surface area contributed by atoms with Crippen molar-refractivity contribution in [1.29, 1.82) is 0 Å². The van der Waals surface area contributed by atoms with E-state index < -0.39 is 59.1 Å². The van der Waals surface area contributed by atoms with Gasteiger partial charge in [0, 0.05) is 17.7 Å². The number of aliphatic hydroxyl groups excluding tert-OH is 1. The van der Waals surface area contributed by atoms with Crippen molar-refractivity contribution < 1.29 is 41.5 Å². The van der Waals surface area contributed by atoms with Crippen molar-refractivity contribution in [3.8, 4) is 5.88 Å². The van der Waals surface area contributed by atoms with Crippen molar-refractivity contribution in [2.24, 2.45) is 0 Å². The van der Waals surface area contributed by atoms with Gasteiger partial charge in [-0.2, -0.15) is 0 Å². The second-order valence-corrected chi connectivity index (χ2v) is 7.28. The second kappa shape index (κ2) is 8.13. The van der Waals surface area contributed by atoms with Crippen LogP contribution in [0.5, 0.6) is 5.88 Å². The fraction of sp³-hybridized carbons (Fsp3) is 0.474. The molecule has 2 aliphatic rings. The number of amides is 1. The number of nitrogens with zero attached hydrogens (tertiary/aromatic N) is 2. The third-order valence-electron chi connectivity index (χ3n) is 5.32. The lowest BCUT2D eigenvalue weighted by atomic mass is 9.81. The predicted octanol–water partition coefficient (Wildman–Crippen LogP) is 3.46. The zero-order chi connectivity index (χ0) is 21.4. The van der Waals surface area contributed by atoms with Crippen LogP contribution in [0, 0.1) is 17.5 Å². The van der Waals surface area contributed by atoms with Gasteiger partial charge in [-0.25, -0.2) is 22.4 Å². The maximum Gasteiger partial charge on any atom is 0.414 e. The quantitative estimate of drug-likeness (QED) is 0.578. The van der Waals surface area contributed by atoms with Crippen LogP contribution in [0.2, 0.25) is 0 Å². The van der Waals surface area contributed by atoms with Gasteiger partial charge in [0.25, 0.3) is 5.88 Å².